The summed E-state index contributed by atoms with van der Waals surface area (Å²) >= 11 is 0. The van der Waals surface area contributed by atoms with Gasteiger partial charge in [0.1, 0.15) is 11.5 Å². The Labute approximate surface area is 232 Å². The molecular weight excluding hydrogens is 540 g/mol. The van der Waals surface area contributed by atoms with Gasteiger partial charge in [0.25, 0.3) is 0 Å². The number of carbonyl (C=O) groups excluding carboxylic acids is 2. The number of carboxylic acids is 1. The van der Waals surface area contributed by atoms with E-state index in [0.29, 0.717) is 11.1 Å². The summed E-state index contributed by atoms with van der Waals surface area (Å²) in [7, 11) is 0. The summed E-state index contributed by atoms with van der Waals surface area (Å²) in [6.45, 7) is 1.65. The van der Waals surface area contributed by atoms with Crippen molar-refractivity contribution in [2.75, 3.05) is 6.61 Å². The maximum Gasteiger partial charge on any atom is 0.348 e. The summed E-state index contributed by atoms with van der Waals surface area (Å²) < 4.78 is 16.1. The average molecular weight is 567 g/mol. The summed E-state index contributed by atoms with van der Waals surface area (Å²) in [6, 6.07) is 10.3. The van der Waals surface area contributed by atoms with Crippen LogP contribution in [-0.4, -0.2) is 67.4 Å². The highest BCUT2D eigenvalue weighted by Gasteiger charge is 2.44. The summed E-state index contributed by atoms with van der Waals surface area (Å²) in [5, 5.41) is 59.1. The summed E-state index contributed by atoms with van der Waals surface area (Å²) in [6.07, 6.45) is -0.982. The van der Waals surface area contributed by atoms with Gasteiger partial charge in [-0.05, 0) is 60.5 Å². The average Bonchev–Trinajstić information content (AvgIpc) is 3.33. The van der Waals surface area contributed by atoms with Crippen LogP contribution in [0, 0.1) is 0 Å². The first-order chi connectivity index (χ1) is 19.5. The molecule has 0 spiro atoms. The van der Waals surface area contributed by atoms with E-state index in [1.54, 1.807) is 6.92 Å². The Morgan fingerprint density at radius 3 is 2.20 bits per heavy atom. The van der Waals surface area contributed by atoms with E-state index in [4.69, 9.17) is 14.2 Å². The molecule has 1 aliphatic heterocycles. The van der Waals surface area contributed by atoms with Gasteiger partial charge in [0.05, 0.1) is 12.5 Å². The lowest BCUT2D eigenvalue weighted by molar-refractivity contribution is -0.160. The Morgan fingerprint density at radius 1 is 0.902 bits per heavy atom. The third-order valence-electron chi connectivity index (χ3n) is 6.33. The van der Waals surface area contributed by atoms with Crippen LogP contribution >= 0.6 is 0 Å². The van der Waals surface area contributed by atoms with E-state index in [1.165, 1.54) is 48.5 Å². The first-order valence-corrected chi connectivity index (χ1v) is 12.3. The number of hydrogen-bond donors (Lipinski definition) is 6. The smallest absolute Gasteiger partial charge is 0.348 e. The number of aliphatic carboxylic acids is 1. The molecule has 0 radical (unpaired) electrons. The van der Waals surface area contributed by atoms with E-state index in [2.05, 4.69) is 0 Å². The largest absolute Gasteiger partial charge is 0.508 e. The molecule has 0 fully saturated rings. The van der Waals surface area contributed by atoms with Crippen molar-refractivity contribution in [3.8, 4) is 34.5 Å². The molecule has 12 heteroatoms. The molecule has 0 saturated heterocycles. The molecule has 4 rings (SSSR count). The third-order valence-corrected chi connectivity index (χ3v) is 6.33. The molecule has 3 unspecified atom stereocenters. The molecule has 0 saturated carbocycles. The van der Waals surface area contributed by atoms with Crippen molar-refractivity contribution in [2.24, 2.45) is 0 Å². The van der Waals surface area contributed by atoms with Crippen molar-refractivity contribution >= 4 is 24.0 Å². The number of esters is 2. The number of aromatic hydroxyl groups is 5. The third kappa shape index (κ3) is 6.11. The van der Waals surface area contributed by atoms with Gasteiger partial charge in [-0.2, -0.15) is 0 Å². The van der Waals surface area contributed by atoms with E-state index in [9.17, 15) is 45.0 Å². The van der Waals surface area contributed by atoms with Crippen molar-refractivity contribution in [3.05, 3.63) is 76.9 Å². The van der Waals surface area contributed by atoms with Crippen LogP contribution in [0.2, 0.25) is 0 Å². The number of ether oxygens (including phenoxy) is 3. The second-order valence-electron chi connectivity index (χ2n) is 9.06. The number of hydrogen-bond acceptors (Lipinski definition) is 11. The topological polar surface area (TPSA) is 200 Å². The summed E-state index contributed by atoms with van der Waals surface area (Å²) in [5.41, 5.74) is 1.03. The fourth-order valence-electron chi connectivity index (χ4n) is 4.43. The summed E-state index contributed by atoms with van der Waals surface area (Å²) in [4.78, 5) is 37.0. The second-order valence-corrected chi connectivity index (χ2v) is 9.06. The number of carboxylic acid groups (broad SMARTS) is 1. The molecule has 12 nitrogen and oxygen atoms in total. The maximum atomic E-state index is 12.8. The summed E-state index contributed by atoms with van der Waals surface area (Å²) in [5.74, 6) is -6.05. The molecule has 6 N–H and O–H groups in total. The normalized spacial score (nSPS) is 16.5. The minimum atomic E-state index is -1.61. The molecule has 3 atom stereocenters. The number of phenolic OH excluding ortho intramolecular Hbond substituents is 5. The highest BCUT2D eigenvalue weighted by molar-refractivity contribution is 5.90. The predicted octanol–water partition coefficient (Wildman–Crippen LogP) is 2.92. The van der Waals surface area contributed by atoms with Crippen LogP contribution < -0.4 is 4.74 Å². The van der Waals surface area contributed by atoms with Crippen LogP contribution in [0.3, 0.4) is 0 Å². The zero-order chi connectivity index (χ0) is 29.8. The Bertz CT molecular complexity index is 1530. The van der Waals surface area contributed by atoms with Gasteiger partial charge in [-0.1, -0.05) is 12.1 Å². The van der Waals surface area contributed by atoms with E-state index < -0.39 is 47.5 Å². The Balaban J connectivity index is 1.62. The van der Waals surface area contributed by atoms with Crippen LogP contribution in [0.1, 0.15) is 35.1 Å². The van der Waals surface area contributed by atoms with Gasteiger partial charge >= 0.3 is 17.9 Å². The van der Waals surface area contributed by atoms with Gasteiger partial charge < -0.3 is 44.8 Å². The minimum absolute atomic E-state index is 0.0408. The molecule has 41 heavy (non-hydrogen) atoms. The molecule has 0 amide bonds. The first-order valence-electron chi connectivity index (χ1n) is 12.3. The fourth-order valence-corrected chi connectivity index (χ4v) is 4.43. The van der Waals surface area contributed by atoms with Gasteiger partial charge in [0, 0.05) is 23.6 Å². The Kier molecular flexibility index (Phi) is 8.22. The minimum Gasteiger partial charge on any atom is -0.508 e. The van der Waals surface area contributed by atoms with E-state index in [1.807, 2.05) is 0 Å². The van der Waals surface area contributed by atoms with Gasteiger partial charge in [0.15, 0.2) is 23.0 Å². The van der Waals surface area contributed by atoms with Crippen LogP contribution in [0.5, 0.6) is 34.5 Å². The molecule has 0 bridgehead atoms. The van der Waals surface area contributed by atoms with E-state index >= 15 is 0 Å². The van der Waals surface area contributed by atoms with Gasteiger partial charge in [-0.25, -0.2) is 14.4 Å². The van der Waals surface area contributed by atoms with E-state index in [-0.39, 0.29) is 47.2 Å². The second kappa shape index (κ2) is 11.8. The van der Waals surface area contributed by atoms with Crippen molar-refractivity contribution < 1.29 is 59.2 Å². The van der Waals surface area contributed by atoms with Crippen LogP contribution in [0.4, 0.5) is 0 Å². The number of phenols is 5. The molecule has 3 aromatic carbocycles. The highest BCUT2D eigenvalue weighted by Crippen LogP contribution is 2.50. The number of rotatable bonds is 9. The maximum absolute atomic E-state index is 12.8. The van der Waals surface area contributed by atoms with E-state index in [0.717, 1.165) is 12.1 Å². The monoisotopic (exact) mass is 566 g/mol. The predicted molar refractivity (Wildman–Crippen MR) is 141 cm³/mol. The zero-order valence-corrected chi connectivity index (χ0v) is 21.6. The Morgan fingerprint density at radius 2 is 1.56 bits per heavy atom. The lowest BCUT2D eigenvalue weighted by atomic mass is 9.86. The molecule has 214 valence electrons. The standard InChI is InChI=1S/C29H26O12/c1-2-39-29(38)27-24(16-5-8-18(31)21(34)13-16)25-19(32)9-4-15(26(25)41-27)6-10-23(35)40-22(28(36)37)12-14-3-7-17(30)20(33)11-14/h3-11,13,22,24,27,30-34H,2,12H2,1H3,(H,36,37)/b10-6+. The van der Waals surface area contributed by atoms with Gasteiger partial charge in [-0.15, -0.1) is 0 Å². The first kappa shape index (κ1) is 28.6. The highest BCUT2D eigenvalue weighted by atomic mass is 16.6. The van der Waals surface area contributed by atoms with Crippen molar-refractivity contribution in [1.82, 2.24) is 0 Å². The van der Waals surface area contributed by atoms with Crippen molar-refractivity contribution in [2.45, 2.75) is 31.5 Å². The molecule has 3 aromatic rings. The van der Waals surface area contributed by atoms with Crippen LogP contribution in [0.15, 0.2) is 54.6 Å². The molecule has 0 aliphatic carbocycles. The zero-order valence-electron chi connectivity index (χ0n) is 21.6. The SMILES string of the molecule is CCOC(=O)C1Oc2c(/C=C/C(=O)OC(Cc3ccc(O)c(O)c3)C(=O)O)ccc(O)c2C1c1ccc(O)c(O)c1. The fraction of sp³-hybridized carbons (Fsp3) is 0.207. The van der Waals surface area contributed by atoms with Crippen molar-refractivity contribution in [1.29, 1.82) is 0 Å². The van der Waals surface area contributed by atoms with Gasteiger partial charge in [0.2, 0.25) is 12.2 Å². The molecular formula is C29H26O12. The quantitative estimate of drug-likeness (QED) is 0.126. The molecule has 1 heterocycles. The lowest BCUT2D eigenvalue weighted by Gasteiger charge is -2.18. The van der Waals surface area contributed by atoms with Gasteiger partial charge in [-0.3, -0.25) is 0 Å². The lowest BCUT2D eigenvalue weighted by Crippen LogP contribution is -2.31. The number of carbonyl (C=O) groups is 3. The van der Waals surface area contributed by atoms with Crippen molar-refractivity contribution in [3.63, 3.8) is 0 Å². The molecule has 0 aromatic heterocycles. The van der Waals surface area contributed by atoms with Crippen LogP contribution in [0.25, 0.3) is 6.08 Å². The van der Waals surface area contributed by atoms with Crippen LogP contribution in [-0.2, 0) is 30.3 Å². The molecule has 1 aliphatic rings. The number of fused-ring (bicyclic) bond motifs is 1. The Hall–Kier alpha value is -5.39. The number of benzene rings is 3.